The fourth-order valence-electron chi connectivity index (χ4n) is 5.19. The van der Waals surface area contributed by atoms with Crippen molar-refractivity contribution in [1.82, 2.24) is 0 Å². The van der Waals surface area contributed by atoms with Gasteiger partial charge in [-0.2, -0.15) is 0 Å². The fraction of sp³-hybridized carbons (Fsp3) is 0.900. The standard InChI is InChI=1S/C30H54O13/c1-2-3-4-11-14-19(33)15-12-9-7-5-6-8-10-13-16-22(34)42-28-24(36)21(18-32)41-30(27(28)39)43-29-26(38)25(37)23(35)20(17-31)40-29/h9,12,19-21,23-33,35-39H,2-8,10-11,13-18H2,1H3/b12-9-/t19-,20-,21-,23-,24-,25+,26-,27-,28+,29-,30-/m1/s1. The molecule has 0 saturated carbocycles. The van der Waals surface area contributed by atoms with Crippen LogP contribution in [0.4, 0.5) is 0 Å². The van der Waals surface area contributed by atoms with E-state index in [9.17, 15) is 45.6 Å². The third-order valence-corrected chi connectivity index (χ3v) is 7.92. The average Bonchev–Trinajstić information content (AvgIpc) is 2.99. The topological polar surface area (TPSA) is 216 Å². The number of carbonyl (C=O) groups excluding carboxylic acids is 1. The minimum Gasteiger partial charge on any atom is -0.456 e. The van der Waals surface area contributed by atoms with Gasteiger partial charge >= 0.3 is 5.97 Å². The number of esters is 1. The number of unbranched alkanes of at least 4 members (excludes halogenated alkanes) is 8. The molecule has 2 aliphatic rings. The second kappa shape index (κ2) is 20.7. The molecule has 252 valence electrons. The maximum atomic E-state index is 12.5. The van der Waals surface area contributed by atoms with Gasteiger partial charge in [0.05, 0.1) is 19.3 Å². The first kappa shape index (κ1) is 38.0. The van der Waals surface area contributed by atoms with Gasteiger partial charge in [-0.1, -0.05) is 64.0 Å². The molecule has 0 bridgehead atoms. The summed E-state index contributed by atoms with van der Waals surface area (Å²) in [6, 6.07) is 0. The average molecular weight is 623 g/mol. The van der Waals surface area contributed by atoms with Crippen LogP contribution in [0.5, 0.6) is 0 Å². The summed E-state index contributed by atoms with van der Waals surface area (Å²) in [4.78, 5) is 12.5. The Morgan fingerprint density at radius 1 is 0.744 bits per heavy atom. The highest BCUT2D eigenvalue weighted by atomic mass is 16.8. The highest BCUT2D eigenvalue weighted by Crippen LogP contribution is 2.29. The van der Waals surface area contributed by atoms with Crippen LogP contribution in [0.2, 0.25) is 0 Å². The number of aliphatic hydroxyl groups excluding tert-OH is 8. The number of hydrogen-bond donors (Lipinski definition) is 8. The molecule has 0 spiro atoms. The Hall–Kier alpha value is -1.23. The van der Waals surface area contributed by atoms with Crippen LogP contribution in [0.25, 0.3) is 0 Å². The molecule has 2 fully saturated rings. The molecule has 2 heterocycles. The third-order valence-electron chi connectivity index (χ3n) is 7.92. The molecule has 13 heteroatoms. The zero-order chi connectivity index (χ0) is 31.8. The molecule has 2 rings (SSSR count). The Kier molecular flexibility index (Phi) is 18.3. The van der Waals surface area contributed by atoms with Gasteiger partial charge < -0.3 is 59.8 Å². The molecule has 0 aromatic carbocycles. The van der Waals surface area contributed by atoms with Crippen LogP contribution in [0.1, 0.15) is 90.4 Å². The van der Waals surface area contributed by atoms with E-state index >= 15 is 0 Å². The first-order chi connectivity index (χ1) is 20.6. The first-order valence-electron chi connectivity index (χ1n) is 15.7. The normalized spacial score (nSPS) is 34.0. The summed E-state index contributed by atoms with van der Waals surface area (Å²) in [6.45, 7) is 0.769. The van der Waals surface area contributed by atoms with E-state index in [1.165, 1.54) is 19.3 Å². The van der Waals surface area contributed by atoms with Crippen molar-refractivity contribution in [3.63, 3.8) is 0 Å². The molecular formula is C30H54O13. The molecule has 0 amide bonds. The summed E-state index contributed by atoms with van der Waals surface area (Å²) in [5.41, 5.74) is 0. The van der Waals surface area contributed by atoms with E-state index < -0.39 is 80.6 Å². The van der Waals surface area contributed by atoms with Crippen LogP contribution in [0.15, 0.2) is 12.2 Å². The summed E-state index contributed by atoms with van der Waals surface area (Å²) in [6.07, 6.45) is -0.567. The van der Waals surface area contributed by atoms with Gasteiger partial charge in [-0.3, -0.25) is 4.79 Å². The van der Waals surface area contributed by atoms with Crippen molar-refractivity contribution < 1.29 is 64.6 Å². The van der Waals surface area contributed by atoms with Crippen LogP contribution >= 0.6 is 0 Å². The number of hydrogen-bond acceptors (Lipinski definition) is 13. The molecule has 0 unspecified atom stereocenters. The maximum Gasteiger partial charge on any atom is 0.306 e. The van der Waals surface area contributed by atoms with Crippen LogP contribution in [-0.2, 0) is 23.7 Å². The fourth-order valence-corrected chi connectivity index (χ4v) is 5.19. The zero-order valence-corrected chi connectivity index (χ0v) is 25.2. The van der Waals surface area contributed by atoms with Crippen molar-refractivity contribution in [2.75, 3.05) is 13.2 Å². The number of aliphatic hydroxyl groups is 8. The quantitative estimate of drug-likeness (QED) is 0.0517. The summed E-state index contributed by atoms with van der Waals surface area (Å²) in [5, 5.41) is 80.4. The minimum atomic E-state index is -1.77. The van der Waals surface area contributed by atoms with E-state index in [0.717, 1.165) is 44.9 Å². The Morgan fingerprint density at radius 2 is 1.35 bits per heavy atom. The largest absolute Gasteiger partial charge is 0.456 e. The van der Waals surface area contributed by atoms with Gasteiger partial charge in [0.1, 0.15) is 42.7 Å². The lowest BCUT2D eigenvalue weighted by molar-refractivity contribution is -0.376. The second-order valence-corrected chi connectivity index (χ2v) is 11.5. The van der Waals surface area contributed by atoms with E-state index in [4.69, 9.17) is 18.9 Å². The molecule has 2 saturated heterocycles. The Balaban J connectivity index is 1.70. The minimum absolute atomic E-state index is 0.0505. The van der Waals surface area contributed by atoms with Crippen molar-refractivity contribution in [3.05, 3.63) is 12.2 Å². The van der Waals surface area contributed by atoms with E-state index in [-0.39, 0.29) is 12.5 Å². The SMILES string of the molecule is CCCCCC[C@@H](O)C/C=C\CCCCCCCC(=O)O[C@@H]1[C@@H](O)[C@@H](O[C@H]2O[C@H](CO)[C@@H](O)[C@H](O)[C@H]2O)O[C@H](CO)[C@H]1O. The first-order valence-corrected chi connectivity index (χ1v) is 15.7. The molecule has 0 aliphatic carbocycles. The van der Waals surface area contributed by atoms with Crippen molar-refractivity contribution >= 4 is 5.97 Å². The molecule has 0 radical (unpaired) electrons. The van der Waals surface area contributed by atoms with E-state index in [2.05, 4.69) is 13.0 Å². The van der Waals surface area contributed by atoms with E-state index in [0.29, 0.717) is 12.8 Å². The highest BCUT2D eigenvalue weighted by Gasteiger charge is 2.51. The third kappa shape index (κ3) is 12.6. The number of rotatable bonds is 20. The lowest BCUT2D eigenvalue weighted by atomic mass is 9.98. The summed E-state index contributed by atoms with van der Waals surface area (Å²) < 4.78 is 21.4. The van der Waals surface area contributed by atoms with Crippen molar-refractivity contribution in [2.24, 2.45) is 0 Å². The molecular weight excluding hydrogens is 568 g/mol. The number of carbonyl (C=O) groups is 1. The summed E-state index contributed by atoms with van der Waals surface area (Å²) in [5.74, 6) is -0.663. The van der Waals surface area contributed by atoms with Gasteiger partial charge in [-0.15, -0.1) is 0 Å². The van der Waals surface area contributed by atoms with Crippen LogP contribution < -0.4 is 0 Å². The van der Waals surface area contributed by atoms with Crippen LogP contribution in [0, 0.1) is 0 Å². The van der Waals surface area contributed by atoms with Gasteiger partial charge in [0, 0.05) is 6.42 Å². The molecule has 43 heavy (non-hydrogen) atoms. The molecule has 2 aliphatic heterocycles. The summed E-state index contributed by atoms with van der Waals surface area (Å²) in [7, 11) is 0. The van der Waals surface area contributed by atoms with Crippen molar-refractivity contribution in [3.8, 4) is 0 Å². The van der Waals surface area contributed by atoms with Gasteiger partial charge in [0.25, 0.3) is 0 Å². The lowest BCUT2D eigenvalue weighted by Crippen LogP contribution is -2.64. The van der Waals surface area contributed by atoms with Crippen LogP contribution in [-0.4, -0.2) is 128 Å². The van der Waals surface area contributed by atoms with Gasteiger partial charge in [-0.05, 0) is 32.1 Å². The predicted molar refractivity (Wildman–Crippen MR) is 153 cm³/mol. The molecule has 13 nitrogen and oxygen atoms in total. The second-order valence-electron chi connectivity index (χ2n) is 11.5. The molecule has 11 atom stereocenters. The Bertz CT molecular complexity index is 781. The lowest BCUT2D eigenvalue weighted by Gasteiger charge is -2.45. The Labute approximate surface area is 254 Å². The van der Waals surface area contributed by atoms with Gasteiger partial charge in [0.2, 0.25) is 0 Å². The Morgan fingerprint density at radius 3 is 2.02 bits per heavy atom. The van der Waals surface area contributed by atoms with Gasteiger partial charge in [0.15, 0.2) is 18.7 Å². The van der Waals surface area contributed by atoms with E-state index in [1.54, 1.807) is 0 Å². The van der Waals surface area contributed by atoms with Crippen LogP contribution in [0.3, 0.4) is 0 Å². The predicted octanol–water partition coefficient (Wildman–Crippen LogP) is 0.162. The van der Waals surface area contributed by atoms with Gasteiger partial charge in [-0.25, -0.2) is 0 Å². The molecule has 0 aromatic heterocycles. The number of ether oxygens (including phenoxy) is 4. The smallest absolute Gasteiger partial charge is 0.306 e. The maximum absolute atomic E-state index is 12.5. The highest BCUT2D eigenvalue weighted by molar-refractivity contribution is 5.69. The molecule has 8 N–H and O–H groups in total. The van der Waals surface area contributed by atoms with Crippen molar-refractivity contribution in [1.29, 1.82) is 0 Å². The number of allylic oxidation sites excluding steroid dienone is 1. The summed E-state index contributed by atoms with van der Waals surface area (Å²) >= 11 is 0. The molecule has 0 aromatic rings. The zero-order valence-electron chi connectivity index (χ0n) is 25.2. The monoisotopic (exact) mass is 622 g/mol. The van der Waals surface area contributed by atoms with Crippen molar-refractivity contribution in [2.45, 2.75) is 158 Å². The van der Waals surface area contributed by atoms with E-state index in [1.807, 2.05) is 6.08 Å².